The minimum atomic E-state index is -3.51. The number of rotatable bonds is 3. The lowest BCUT2D eigenvalue weighted by atomic mass is 10.00. The Morgan fingerprint density at radius 2 is 1.78 bits per heavy atom. The molecule has 1 aromatic carbocycles. The molecule has 1 aliphatic rings. The first-order valence-electron chi connectivity index (χ1n) is 6.65. The molecule has 0 atom stereocenters. The van der Waals surface area contributed by atoms with Gasteiger partial charge in [0.2, 0.25) is 9.84 Å². The second kappa shape index (κ2) is 5.24. The largest absolute Gasteiger partial charge is 0.493 e. The average molecular weight is 333 g/mol. The van der Waals surface area contributed by atoms with Gasteiger partial charge in [-0.2, -0.15) is 0 Å². The molecule has 0 aliphatic carbocycles. The van der Waals surface area contributed by atoms with E-state index in [9.17, 15) is 8.42 Å². The highest BCUT2D eigenvalue weighted by Gasteiger charge is 2.24. The molecule has 0 amide bonds. The maximum atomic E-state index is 11.8. The van der Waals surface area contributed by atoms with Gasteiger partial charge in [0.05, 0.1) is 14.2 Å². The zero-order valence-corrected chi connectivity index (χ0v) is 13.7. The van der Waals surface area contributed by atoms with Crippen LogP contribution in [0.25, 0.3) is 17.8 Å². The van der Waals surface area contributed by atoms with Gasteiger partial charge in [-0.3, -0.25) is 4.57 Å². The van der Waals surface area contributed by atoms with Gasteiger partial charge < -0.3 is 9.47 Å². The Hall–Kier alpha value is -2.61. The smallest absolute Gasteiger partial charge is 0.253 e. The molecule has 1 aromatic heterocycles. The zero-order chi connectivity index (χ0) is 16.8. The molecular formula is C15H15N3O4S. The Kier molecular flexibility index (Phi) is 3.48. The van der Waals surface area contributed by atoms with E-state index in [0.29, 0.717) is 22.9 Å². The van der Waals surface area contributed by atoms with E-state index in [-0.39, 0.29) is 5.16 Å². The van der Waals surface area contributed by atoms with Crippen molar-refractivity contribution in [1.29, 1.82) is 0 Å². The summed E-state index contributed by atoms with van der Waals surface area (Å²) in [7, 11) is -0.409. The Balaban J connectivity index is 2.25. The van der Waals surface area contributed by atoms with Gasteiger partial charge in [-0.15, -0.1) is 10.2 Å². The highest BCUT2D eigenvalue weighted by Crippen LogP contribution is 2.37. The quantitative estimate of drug-likeness (QED) is 0.725. The minimum Gasteiger partial charge on any atom is -0.493 e. The number of ether oxygens (including phenoxy) is 2. The number of hydrogen-bond acceptors (Lipinski definition) is 6. The molecule has 120 valence electrons. The summed E-state index contributed by atoms with van der Waals surface area (Å²) in [6, 6.07) is 3.58. The first kappa shape index (κ1) is 15.3. The van der Waals surface area contributed by atoms with E-state index < -0.39 is 9.84 Å². The van der Waals surface area contributed by atoms with E-state index in [2.05, 4.69) is 16.8 Å². The van der Waals surface area contributed by atoms with Gasteiger partial charge in [0.1, 0.15) is 0 Å². The molecule has 0 unspecified atom stereocenters. The molecule has 2 heterocycles. The fourth-order valence-electron chi connectivity index (χ4n) is 2.44. The van der Waals surface area contributed by atoms with Gasteiger partial charge in [-0.05, 0) is 29.3 Å². The van der Waals surface area contributed by atoms with E-state index in [1.807, 2.05) is 0 Å². The van der Waals surface area contributed by atoms with Crippen LogP contribution in [0.5, 0.6) is 11.5 Å². The van der Waals surface area contributed by atoms with E-state index in [0.717, 1.165) is 17.4 Å². The molecule has 0 bridgehead atoms. The fourth-order valence-corrected chi connectivity index (χ4v) is 3.13. The number of hydrogen-bond donors (Lipinski definition) is 0. The first-order valence-corrected chi connectivity index (χ1v) is 8.54. The van der Waals surface area contributed by atoms with Crippen molar-refractivity contribution in [2.45, 2.75) is 5.16 Å². The van der Waals surface area contributed by atoms with Gasteiger partial charge in [0.15, 0.2) is 17.3 Å². The molecule has 0 radical (unpaired) electrons. The number of sulfone groups is 1. The van der Waals surface area contributed by atoms with Crippen molar-refractivity contribution in [2.24, 2.45) is 0 Å². The summed E-state index contributed by atoms with van der Waals surface area (Å²) in [5, 5.41) is 7.61. The predicted molar refractivity (Wildman–Crippen MR) is 86.0 cm³/mol. The number of benzene rings is 1. The molecule has 23 heavy (non-hydrogen) atoms. The third-order valence-corrected chi connectivity index (χ3v) is 4.49. The summed E-state index contributed by atoms with van der Waals surface area (Å²) < 4.78 is 35.7. The minimum absolute atomic E-state index is 0.128. The van der Waals surface area contributed by atoms with Gasteiger partial charge in [0.25, 0.3) is 5.16 Å². The molecule has 8 heteroatoms. The van der Waals surface area contributed by atoms with Gasteiger partial charge >= 0.3 is 0 Å². The van der Waals surface area contributed by atoms with Crippen LogP contribution in [-0.4, -0.2) is 43.7 Å². The summed E-state index contributed by atoms with van der Waals surface area (Å²) in [6.07, 6.45) is 4.46. The zero-order valence-electron chi connectivity index (χ0n) is 12.9. The van der Waals surface area contributed by atoms with E-state index in [4.69, 9.17) is 9.47 Å². The van der Waals surface area contributed by atoms with Crippen molar-refractivity contribution in [3.05, 3.63) is 35.7 Å². The highest BCUT2D eigenvalue weighted by molar-refractivity contribution is 7.90. The number of fused-ring (bicyclic) bond motifs is 2. The van der Waals surface area contributed by atoms with Crippen LogP contribution in [-0.2, 0) is 9.84 Å². The molecular weight excluding hydrogens is 318 g/mol. The molecule has 0 spiro atoms. The Morgan fingerprint density at radius 1 is 1.13 bits per heavy atom. The second-order valence-corrected chi connectivity index (χ2v) is 6.95. The van der Waals surface area contributed by atoms with Crippen LogP contribution in [0.4, 0.5) is 0 Å². The number of nitrogens with zero attached hydrogens (tertiary/aromatic N) is 3. The van der Waals surface area contributed by atoms with Crippen LogP contribution in [0.15, 0.2) is 23.9 Å². The maximum absolute atomic E-state index is 11.8. The average Bonchev–Trinajstić information content (AvgIpc) is 2.90. The van der Waals surface area contributed by atoms with Crippen molar-refractivity contribution >= 4 is 27.7 Å². The summed E-state index contributed by atoms with van der Waals surface area (Å²) in [5.41, 5.74) is 2.14. The fraction of sp³-hybridized carbons (Fsp3) is 0.200. The van der Waals surface area contributed by atoms with Crippen molar-refractivity contribution in [2.75, 3.05) is 20.5 Å². The SMILES string of the molecule is C=C1c2cc(OC)c(OC)cc2C=Cn2c1nnc2S(C)(=O)=O. The van der Waals surface area contributed by atoms with Gasteiger partial charge in [-0.1, -0.05) is 6.58 Å². The molecule has 2 aromatic rings. The van der Waals surface area contributed by atoms with Crippen molar-refractivity contribution in [3.63, 3.8) is 0 Å². The predicted octanol–water partition coefficient (Wildman–Crippen LogP) is 1.70. The summed E-state index contributed by atoms with van der Waals surface area (Å²) in [5.74, 6) is 1.49. The van der Waals surface area contributed by atoms with Crippen LogP contribution in [0.1, 0.15) is 17.0 Å². The summed E-state index contributed by atoms with van der Waals surface area (Å²) in [4.78, 5) is 0. The number of methoxy groups -OCH3 is 2. The van der Waals surface area contributed by atoms with Gasteiger partial charge in [-0.25, -0.2) is 8.42 Å². The molecule has 1 aliphatic heterocycles. The van der Waals surface area contributed by atoms with Crippen molar-refractivity contribution in [1.82, 2.24) is 14.8 Å². The second-order valence-electron chi connectivity index (χ2n) is 5.04. The molecule has 0 saturated heterocycles. The lowest BCUT2D eigenvalue weighted by Gasteiger charge is -2.12. The topological polar surface area (TPSA) is 83.3 Å². The van der Waals surface area contributed by atoms with Crippen molar-refractivity contribution < 1.29 is 17.9 Å². The number of aromatic nitrogens is 3. The third kappa shape index (κ3) is 2.40. The van der Waals surface area contributed by atoms with E-state index >= 15 is 0 Å². The van der Waals surface area contributed by atoms with E-state index in [1.54, 1.807) is 38.6 Å². The maximum Gasteiger partial charge on any atom is 0.253 e. The Labute approximate surface area is 133 Å². The van der Waals surface area contributed by atoms with Crippen LogP contribution in [0.3, 0.4) is 0 Å². The normalized spacial score (nSPS) is 13.3. The molecule has 0 N–H and O–H groups in total. The summed E-state index contributed by atoms with van der Waals surface area (Å²) in [6.45, 7) is 4.03. The summed E-state index contributed by atoms with van der Waals surface area (Å²) >= 11 is 0. The first-order chi connectivity index (χ1) is 10.9. The monoisotopic (exact) mass is 333 g/mol. The Morgan fingerprint density at radius 3 is 2.39 bits per heavy atom. The molecule has 0 fully saturated rings. The Bertz CT molecular complexity index is 942. The molecule has 3 rings (SSSR count). The van der Waals surface area contributed by atoms with Crippen LogP contribution < -0.4 is 9.47 Å². The lowest BCUT2D eigenvalue weighted by molar-refractivity contribution is 0.355. The lowest BCUT2D eigenvalue weighted by Crippen LogP contribution is -2.06. The molecule has 7 nitrogen and oxygen atoms in total. The van der Waals surface area contributed by atoms with Crippen LogP contribution >= 0.6 is 0 Å². The van der Waals surface area contributed by atoms with Crippen LogP contribution in [0.2, 0.25) is 0 Å². The van der Waals surface area contributed by atoms with E-state index in [1.165, 1.54) is 4.57 Å². The van der Waals surface area contributed by atoms with Crippen LogP contribution in [0, 0.1) is 0 Å². The third-order valence-electron chi connectivity index (χ3n) is 3.55. The van der Waals surface area contributed by atoms with Crippen molar-refractivity contribution in [3.8, 4) is 11.5 Å². The van der Waals surface area contributed by atoms with Gasteiger partial charge in [0, 0.05) is 18.0 Å². The standard InChI is InChI=1S/C15H15N3O4S/c1-9-11-8-13(22-3)12(21-2)7-10(11)5-6-18-14(9)16-17-15(18)23(4,19)20/h5-8H,1H2,2-4H3. The molecule has 0 saturated carbocycles. The highest BCUT2D eigenvalue weighted by atomic mass is 32.2.